The molecule has 0 unspecified atom stereocenters. The van der Waals surface area contributed by atoms with E-state index in [9.17, 15) is 0 Å². The number of rotatable bonds is 5. The molecule has 0 radical (unpaired) electrons. The summed E-state index contributed by atoms with van der Waals surface area (Å²) in [5.74, 6) is -0.686. The van der Waals surface area contributed by atoms with Gasteiger partial charge in [-0.25, -0.2) is 0 Å². The standard InChI is InChI=1S/C18H25NO6/c1-18(2)24-15-14-13(22-17(15)25-18)12(10-19-8-9-20)21-16(23-14)11-6-4-3-5-7-11/h3-7,12-17,19-20H,8-10H2,1-2H3/t12-,13+,14-,15+,16-,17+/m0/s1. The van der Waals surface area contributed by atoms with E-state index in [0.29, 0.717) is 13.1 Å². The van der Waals surface area contributed by atoms with Crippen LogP contribution in [0.2, 0.25) is 0 Å². The summed E-state index contributed by atoms with van der Waals surface area (Å²) in [5.41, 5.74) is 0.953. The largest absolute Gasteiger partial charge is 0.395 e. The van der Waals surface area contributed by atoms with Crippen LogP contribution in [0.4, 0.5) is 0 Å². The highest BCUT2D eigenvalue weighted by molar-refractivity contribution is 5.17. The number of aliphatic hydroxyl groups excluding tert-OH is 1. The van der Waals surface area contributed by atoms with Crippen molar-refractivity contribution in [1.29, 1.82) is 0 Å². The van der Waals surface area contributed by atoms with Crippen molar-refractivity contribution < 1.29 is 28.8 Å². The average molecular weight is 351 g/mol. The normalized spacial score (nSPS) is 39.2. The topological polar surface area (TPSA) is 78.4 Å². The third-order valence-corrected chi connectivity index (χ3v) is 4.68. The minimum Gasteiger partial charge on any atom is -0.395 e. The number of ether oxygens (including phenoxy) is 5. The van der Waals surface area contributed by atoms with E-state index in [2.05, 4.69) is 5.32 Å². The predicted octanol–water partition coefficient (Wildman–Crippen LogP) is 0.927. The Kier molecular flexibility index (Phi) is 4.81. The molecule has 0 saturated carbocycles. The van der Waals surface area contributed by atoms with Gasteiger partial charge in [0.1, 0.15) is 24.4 Å². The minimum absolute atomic E-state index is 0.0753. The fourth-order valence-corrected chi connectivity index (χ4v) is 3.62. The van der Waals surface area contributed by atoms with Crippen LogP contribution in [0.1, 0.15) is 25.7 Å². The molecule has 3 fully saturated rings. The molecule has 138 valence electrons. The summed E-state index contributed by atoms with van der Waals surface area (Å²) >= 11 is 0. The van der Waals surface area contributed by atoms with Crippen LogP contribution in [0.15, 0.2) is 30.3 Å². The van der Waals surface area contributed by atoms with Gasteiger partial charge in [-0.05, 0) is 13.8 Å². The summed E-state index contributed by atoms with van der Waals surface area (Å²) in [7, 11) is 0. The van der Waals surface area contributed by atoms with Gasteiger partial charge in [-0.1, -0.05) is 30.3 Å². The molecule has 0 aromatic heterocycles. The number of hydrogen-bond donors (Lipinski definition) is 2. The van der Waals surface area contributed by atoms with Crippen molar-refractivity contribution in [3.8, 4) is 0 Å². The third kappa shape index (κ3) is 3.46. The van der Waals surface area contributed by atoms with Gasteiger partial charge in [0, 0.05) is 18.7 Å². The maximum atomic E-state index is 9.00. The average Bonchev–Trinajstić information content (AvgIpc) is 3.08. The Hall–Kier alpha value is -1.06. The molecule has 6 atom stereocenters. The monoisotopic (exact) mass is 351 g/mol. The van der Waals surface area contributed by atoms with E-state index in [1.807, 2.05) is 44.2 Å². The summed E-state index contributed by atoms with van der Waals surface area (Å²) < 4.78 is 30.3. The Bertz CT molecular complexity index is 582. The summed E-state index contributed by atoms with van der Waals surface area (Å²) in [5, 5.41) is 12.2. The van der Waals surface area contributed by atoms with Gasteiger partial charge in [-0.2, -0.15) is 0 Å². The molecule has 3 saturated heterocycles. The highest BCUT2D eigenvalue weighted by Gasteiger charge is 2.59. The van der Waals surface area contributed by atoms with Crippen molar-refractivity contribution >= 4 is 0 Å². The van der Waals surface area contributed by atoms with Crippen molar-refractivity contribution in [2.24, 2.45) is 0 Å². The Labute approximate surface area is 147 Å². The summed E-state index contributed by atoms with van der Waals surface area (Å²) in [4.78, 5) is 0. The Morgan fingerprint density at radius 1 is 1.00 bits per heavy atom. The fraction of sp³-hybridized carbons (Fsp3) is 0.667. The Balaban J connectivity index is 1.54. The maximum absolute atomic E-state index is 9.00. The van der Waals surface area contributed by atoms with Crippen LogP contribution >= 0.6 is 0 Å². The molecule has 7 nitrogen and oxygen atoms in total. The molecule has 4 rings (SSSR count). The summed E-state index contributed by atoms with van der Waals surface area (Å²) in [6.45, 7) is 4.88. The van der Waals surface area contributed by atoms with E-state index in [1.54, 1.807) is 0 Å². The van der Waals surface area contributed by atoms with Crippen LogP contribution in [-0.2, 0) is 23.7 Å². The molecule has 0 spiro atoms. The highest BCUT2D eigenvalue weighted by Crippen LogP contribution is 2.44. The van der Waals surface area contributed by atoms with E-state index in [4.69, 9.17) is 28.8 Å². The summed E-state index contributed by atoms with van der Waals surface area (Å²) in [6.07, 6.45) is -2.00. The minimum atomic E-state index is -0.686. The van der Waals surface area contributed by atoms with E-state index in [0.717, 1.165) is 5.56 Å². The van der Waals surface area contributed by atoms with Crippen LogP contribution in [0, 0.1) is 0 Å². The lowest BCUT2D eigenvalue weighted by Gasteiger charge is -2.39. The highest BCUT2D eigenvalue weighted by atomic mass is 16.9. The second-order valence-electron chi connectivity index (χ2n) is 7.01. The van der Waals surface area contributed by atoms with Crippen molar-refractivity contribution in [2.45, 2.75) is 56.6 Å². The molecule has 7 heteroatoms. The SMILES string of the molecule is CC1(C)O[C@H]2O[C@H]3[C@H](O[C@@H](c4ccccc4)O[C@H]3CNCCO)[C@H]2O1. The van der Waals surface area contributed by atoms with Gasteiger partial charge in [-0.15, -0.1) is 0 Å². The summed E-state index contributed by atoms with van der Waals surface area (Å²) in [6, 6.07) is 9.83. The van der Waals surface area contributed by atoms with Gasteiger partial charge in [-0.3, -0.25) is 0 Å². The number of nitrogens with one attached hydrogen (secondary N) is 1. The molecule has 1 aromatic carbocycles. The first kappa shape index (κ1) is 17.4. The third-order valence-electron chi connectivity index (χ3n) is 4.68. The molecule has 0 bridgehead atoms. The van der Waals surface area contributed by atoms with Gasteiger partial charge >= 0.3 is 0 Å². The molecular formula is C18H25NO6. The lowest BCUT2D eigenvalue weighted by atomic mass is 10.0. The molecule has 0 aliphatic carbocycles. The lowest BCUT2D eigenvalue weighted by Crippen LogP contribution is -2.52. The van der Waals surface area contributed by atoms with E-state index >= 15 is 0 Å². The van der Waals surface area contributed by atoms with E-state index in [1.165, 1.54) is 0 Å². The van der Waals surface area contributed by atoms with Crippen LogP contribution in [0.3, 0.4) is 0 Å². The number of hydrogen-bond acceptors (Lipinski definition) is 7. The van der Waals surface area contributed by atoms with Crippen LogP contribution in [0.25, 0.3) is 0 Å². The maximum Gasteiger partial charge on any atom is 0.190 e. The molecule has 0 amide bonds. The Morgan fingerprint density at radius 2 is 1.80 bits per heavy atom. The van der Waals surface area contributed by atoms with Crippen LogP contribution in [-0.4, -0.2) is 61.3 Å². The molecule has 3 aliphatic rings. The quantitative estimate of drug-likeness (QED) is 0.764. The van der Waals surface area contributed by atoms with Gasteiger partial charge in [0.25, 0.3) is 0 Å². The fourth-order valence-electron chi connectivity index (χ4n) is 3.62. The van der Waals surface area contributed by atoms with Crippen molar-refractivity contribution in [1.82, 2.24) is 5.32 Å². The predicted molar refractivity (Wildman–Crippen MR) is 87.6 cm³/mol. The molecule has 3 heterocycles. The zero-order chi connectivity index (χ0) is 17.4. The first-order chi connectivity index (χ1) is 12.1. The number of fused-ring (bicyclic) bond motifs is 3. The van der Waals surface area contributed by atoms with Gasteiger partial charge < -0.3 is 34.1 Å². The van der Waals surface area contributed by atoms with Crippen molar-refractivity contribution in [3.05, 3.63) is 35.9 Å². The second kappa shape index (κ2) is 6.92. The first-order valence-electron chi connectivity index (χ1n) is 8.76. The Morgan fingerprint density at radius 3 is 2.56 bits per heavy atom. The zero-order valence-electron chi connectivity index (χ0n) is 14.5. The van der Waals surface area contributed by atoms with Crippen molar-refractivity contribution in [2.75, 3.05) is 19.7 Å². The first-order valence-corrected chi connectivity index (χ1v) is 8.76. The smallest absolute Gasteiger partial charge is 0.190 e. The van der Waals surface area contributed by atoms with E-state index in [-0.39, 0.29) is 31.0 Å². The van der Waals surface area contributed by atoms with Crippen molar-refractivity contribution in [3.63, 3.8) is 0 Å². The van der Waals surface area contributed by atoms with E-state index < -0.39 is 18.4 Å². The molecule has 3 aliphatic heterocycles. The van der Waals surface area contributed by atoms with Crippen LogP contribution in [0.5, 0.6) is 0 Å². The molecular weight excluding hydrogens is 326 g/mol. The van der Waals surface area contributed by atoms with Gasteiger partial charge in [0.15, 0.2) is 18.4 Å². The number of aliphatic hydroxyl groups is 1. The molecule has 1 aromatic rings. The van der Waals surface area contributed by atoms with Gasteiger partial charge in [0.2, 0.25) is 0 Å². The number of benzene rings is 1. The van der Waals surface area contributed by atoms with Gasteiger partial charge in [0.05, 0.1) is 6.61 Å². The lowest BCUT2D eigenvalue weighted by molar-refractivity contribution is -0.308. The molecule has 25 heavy (non-hydrogen) atoms. The second-order valence-corrected chi connectivity index (χ2v) is 7.01. The molecule has 2 N–H and O–H groups in total. The zero-order valence-corrected chi connectivity index (χ0v) is 14.5. The van der Waals surface area contributed by atoms with Crippen LogP contribution < -0.4 is 5.32 Å².